The quantitative estimate of drug-likeness (QED) is 0.457. The SMILES string of the molecule is COc1cc2c(cc1NC(=O)CSCC(=O)Nc1cc(C)on1)oc1ccccc12. The van der Waals surface area contributed by atoms with Gasteiger partial charge in [-0.15, -0.1) is 11.8 Å². The van der Waals surface area contributed by atoms with Crippen molar-refractivity contribution in [3.8, 4) is 5.75 Å². The zero-order valence-electron chi connectivity index (χ0n) is 16.4. The number of carbonyl (C=O) groups excluding carboxylic acids is 2. The molecule has 0 aliphatic rings. The van der Waals surface area contributed by atoms with Crippen molar-refractivity contribution in [3.05, 3.63) is 48.2 Å². The van der Waals surface area contributed by atoms with E-state index in [9.17, 15) is 9.59 Å². The van der Waals surface area contributed by atoms with Crippen LogP contribution in [0, 0.1) is 6.92 Å². The van der Waals surface area contributed by atoms with E-state index in [1.54, 1.807) is 26.2 Å². The third-order valence-corrected chi connectivity index (χ3v) is 5.27. The number of anilines is 2. The Bertz CT molecular complexity index is 1230. The highest BCUT2D eigenvalue weighted by Crippen LogP contribution is 2.36. The fraction of sp³-hybridized carbons (Fsp3) is 0.190. The number of para-hydroxylation sites is 1. The molecule has 0 bridgehead atoms. The van der Waals surface area contributed by atoms with Gasteiger partial charge in [0.25, 0.3) is 0 Å². The molecule has 4 rings (SSSR count). The van der Waals surface area contributed by atoms with Gasteiger partial charge in [-0.25, -0.2) is 0 Å². The van der Waals surface area contributed by atoms with Crippen LogP contribution in [0.3, 0.4) is 0 Å². The van der Waals surface area contributed by atoms with E-state index < -0.39 is 0 Å². The molecule has 30 heavy (non-hydrogen) atoms. The van der Waals surface area contributed by atoms with Crippen LogP contribution in [-0.4, -0.2) is 35.6 Å². The number of aryl methyl sites for hydroxylation is 1. The number of hydrogen-bond acceptors (Lipinski definition) is 7. The standard InChI is InChI=1S/C21H19N3O5S/c1-12-7-19(24-29-12)23-21(26)11-30-10-20(25)22-15-9-17-14(8-18(15)27-2)13-5-3-4-6-16(13)28-17/h3-9H,10-11H2,1-2H3,(H,22,25)(H,23,24,26). The predicted octanol–water partition coefficient (Wildman–Crippen LogP) is 4.20. The Balaban J connectivity index is 1.38. The molecule has 0 aliphatic heterocycles. The molecule has 0 radical (unpaired) electrons. The largest absolute Gasteiger partial charge is 0.495 e. The molecule has 0 fully saturated rings. The van der Waals surface area contributed by atoms with Crippen LogP contribution in [0.25, 0.3) is 21.9 Å². The number of hydrogen-bond donors (Lipinski definition) is 2. The van der Waals surface area contributed by atoms with Gasteiger partial charge >= 0.3 is 0 Å². The lowest BCUT2D eigenvalue weighted by Gasteiger charge is -2.10. The molecule has 0 saturated carbocycles. The number of thioether (sulfide) groups is 1. The lowest BCUT2D eigenvalue weighted by molar-refractivity contribution is -0.114. The minimum Gasteiger partial charge on any atom is -0.495 e. The number of rotatable bonds is 7. The molecular weight excluding hydrogens is 406 g/mol. The highest BCUT2D eigenvalue weighted by atomic mass is 32.2. The fourth-order valence-electron chi connectivity index (χ4n) is 3.05. The number of carbonyl (C=O) groups is 2. The van der Waals surface area contributed by atoms with Gasteiger partial charge in [-0.1, -0.05) is 23.4 Å². The van der Waals surface area contributed by atoms with Gasteiger partial charge in [0.2, 0.25) is 11.8 Å². The summed E-state index contributed by atoms with van der Waals surface area (Å²) >= 11 is 1.19. The van der Waals surface area contributed by atoms with Crippen LogP contribution in [0.5, 0.6) is 5.75 Å². The number of nitrogens with zero attached hydrogens (tertiary/aromatic N) is 1. The number of furan rings is 1. The molecule has 0 unspecified atom stereocenters. The average Bonchev–Trinajstić information content (AvgIpc) is 3.29. The minimum atomic E-state index is -0.262. The smallest absolute Gasteiger partial charge is 0.235 e. The van der Waals surface area contributed by atoms with Crippen molar-refractivity contribution in [1.82, 2.24) is 5.16 Å². The summed E-state index contributed by atoms with van der Waals surface area (Å²) in [5, 5.41) is 11.0. The molecule has 2 aromatic carbocycles. The number of ether oxygens (including phenoxy) is 1. The van der Waals surface area contributed by atoms with Gasteiger partial charge in [-0.2, -0.15) is 0 Å². The second-order valence-corrected chi connectivity index (χ2v) is 7.54. The third kappa shape index (κ3) is 4.25. The first kappa shape index (κ1) is 19.8. The summed E-state index contributed by atoms with van der Waals surface area (Å²) in [6.07, 6.45) is 0. The number of benzene rings is 2. The van der Waals surface area contributed by atoms with Gasteiger partial charge in [-0.05, 0) is 19.1 Å². The van der Waals surface area contributed by atoms with E-state index in [1.807, 2.05) is 30.3 Å². The van der Waals surface area contributed by atoms with Crippen LogP contribution in [0.2, 0.25) is 0 Å². The van der Waals surface area contributed by atoms with Gasteiger partial charge in [0.1, 0.15) is 22.7 Å². The van der Waals surface area contributed by atoms with Crippen LogP contribution < -0.4 is 15.4 Å². The van der Waals surface area contributed by atoms with Crippen LogP contribution in [0.15, 0.2) is 51.4 Å². The van der Waals surface area contributed by atoms with E-state index in [0.29, 0.717) is 28.6 Å². The lowest BCUT2D eigenvalue weighted by atomic mass is 10.1. The van der Waals surface area contributed by atoms with Gasteiger partial charge < -0.3 is 24.3 Å². The normalized spacial score (nSPS) is 11.0. The van der Waals surface area contributed by atoms with Crippen LogP contribution in [0.1, 0.15) is 5.76 Å². The average molecular weight is 425 g/mol. The van der Waals surface area contributed by atoms with Crippen molar-refractivity contribution >= 4 is 57.0 Å². The molecule has 154 valence electrons. The van der Waals surface area contributed by atoms with E-state index >= 15 is 0 Å². The molecule has 2 heterocycles. The molecule has 8 nitrogen and oxygen atoms in total. The molecule has 0 atom stereocenters. The summed E-state index contributed by atoms with van der Waals surface area (Å²) < 4.78 is 16.2. The highest BCUT2D eigenvalue weighted by Gasteiger charge is 2.15. The zero-order valence-corrected chi connectivity index (χ0v) is 17.2. The fourth-order valence-corrected chi connectivity index (χ4v) is 3.66. The summed E-state index contributed by atoms with van der Waals surface area (Å²) in [6.45, 7) is 1.73. The second kappa shape index (κ2) is 8.50. The summed E-state index contributed by atoms with van der Waals surface area (Å²) in [6, 6.07) is 12.9. The van der Waals surface area contributed by atoms with E-state index in [4.69, 9.17) is 13.7 Å². The Morgan fingerprint density at radius 2 is 1.80 bits per heavy atom. The Labute approximate surface area is 175 Å². The van der Waals surface area contributed by atoms with Crippen molar-refractivity contribution in [2.45, 2.75) is 6.92 Å². The summed E-state index contributed by atoms with van der Waals surface area (Å²) in [5.74, 6) is 1.19. The number of aromatic nitrogens is 1. The zero-order chi connectivity index (χ0) is 21.1. The van der Waals surface area contributed by atoms with Crippen molar-refractivity contribution in [3.63, 3.8) is 0 Å². The highest BCUT2D eigenvalue weighted by molar-refractivity contribution is 8.00. The van der Waals surface area contributed by atoms with Crippen LogP contribution in [0.4, 0.5) is 11.5 Å². The van der Waals surface area contributed by atoms with Gasteiger partial charge in [-0.3, -0.25) is 9.59 Å². The molecule has 0 aliphatic carbocycles. The van der Waals surface area contributed by atoms with Crippen LogP contribution >= 0.6 is 11.8 Å². The molecule has 9 heteroatoms. The van der Waals surface area contributed by atoms with E-state index in [0.717, 1.165) is 16.4 Å². The number of fused-ring (bicyclic) bond motifs is 3. The minimum absolute atomic E-state index is 0.104. The number of nitrogens with one attached hydrogen (secondary N) is 2. The Morgan fingerprint density at radius 3 is 2.53 bits per heavy atom. The van der Waals surface area contributed by atoms with Crippen molar-refractivity contribution in [1.29, 1.82) is 0 Å². The van der Waals surface area contributed by atoms with Gasteiger partial charge in [0, 0.05) is 22.9 Å². The summed E-state index contributed by atoms with van der Waals surface area (Å²) in [7, 11) is 1.55. The monoisotopic (exact) mass is 425 g/mol. The molecule has 2 aromatic heterocycles. The van der Waals surface area contributed by atoms with Gasteiger partial charge in [0.15, 0.2) is 5.82 Å². The number of amides is 2. The third-order valence-electron chi connectivity index (χ3n) is 4.33. The Hall–Kier alpha value is -3.46. The molecule has 0 saturated heterocycles. The Kier molecular flexibility index (Phi) is 5.62. The lowest BCUT2D eigenvalue weighted by Crippen LogP contribution is -2.18. The van der Waals surface area contributed by atoms with E-state index in [-0.39, 0.29) is 23.3 Å². The van der Waals surface area contributed by atoms with Crippen LogP contribution in [-0.2, 0) is 9.59 Å². The maximum atomic E-state index is 12.4. The maximum Gasteiger partial charge on any atom is 0.235 e. The van der Waals surface area contributed by atoms with E-state index in [2.05, 4.69) is 15.8 Å². The topological polar surface area (TPSA) is 107 Å². The van der Waals surface area contributed by atoms with Crippen molar-refractivity contribution in [2.24, 2.45) is 0 Å². The molecule has 0 spiro atoms. The molecule has 2 N–H and O–H groups in total. The molecule has 4 aromatic rings. The summed E-state index contributed by atoms with van der Waals surface area (Å²) in [4.78, 5) is 24.3. The van der Waals surface area contributed by atoms with Crippen molar-refractivity contribution < 1.29 is 23.3 Å². The van der Waals surface area contributed by atoms with E-state index in [1.165, 1.54) is 11.8 Å². The first-order valence-corrected chi connectivity index (χ1v) is 10.3. The maximum absolute atomic E-state index is 12.4. The Morgan fingerprint density at radius 1 is 1.03 bits per heavy atom. The first-order chi connectivity index (χ1) is 14.5. The second-order valence-electron chi connectivity index (χ2n) is 6.56. The predicted molar refractivity (Wildman–Crippen MR) is 116 cm³/mol. The van der Waals surface area contributed by atoms with Crippen molar-refractivity contribution in [2.75, 3.05) is 29.2 Å². The molecule has 2 amide bonds. The first-order valence-electron chi connectivity index (χ1n) is 9.13. The van der Waals surface area contributed by atoms with Gasteiger partial charge in [0.05, 0.1) is 24.3 Å². The summed E-state index contributed by atoms with van der Waals surface area (Å²) in [5.41, 5.74) is 1.93. The molecular formula is C21H19N3O5S. The number of methoxy groups -OCH3 is 1.